The third-order valence-electron chi connectivity index (χ3n) is 4.41. The number of hydrogen-bond acceptors (Lipinski definition) is 3. The van der Waals surface area contributed by atoms with E-state index in [0.29, 0.717) is 12.1 Å². The third kappa shape index (κ3) is 4.87. The largest absolute Gasteiger partial charge is 0.393 e. The molecule has 0 aromatic rings. The van der Waals surface area contributed by atoms with E-state index in [1.165, 1.54) is 19.3 Å². The van der Waals surface area contributed by atoms with Crippen LogP contribution in [0.1, 0.15) is 65.2 Å². The zero-order valence-corrected chi connectivity index (χ0v) is 12.3. The molecule has 0 aromatic carbocycles. The molecule has 0 bridgehead atoms. The molecule has 0 radical (unpaired) electrons. The number of aliphatic hydroxyl groups is 2. The van der Waals surface area contributed by atoms with E-state index < -0.39 is 0 Å². The fraction of sp³-hybridized carbons (Fsp3) is 1.00. The summed E-state index contributed by atoms with van der Waals surface area (Å²) in [5, 5.41) is 19.8. The van der Waals surface area contributed by atoms with Crippen molar-refractivity contribution in [2.75, 3.05) is 7.05 Å². The second-order valence-corrected chi connectivity index (χ2v) is 5.88. The molecule has 1 aliphatic heterocycles. The molecule has 3 nitrogen and oxygen atoms in total. The first-order chi connectivity index (χ1) is 8.58. The molecule has 0 aromatic heterocycles. The van der Waals surface area contributed by atoms with Crippen LogP contribution in [-0.2, 0) is 0 Å². The van der Waals surface area contributed by atoms with E-state index in [-0.39, 0.29) is 12.2 Å². The Morgan fingerprint density at radius 3 is 2.11 bits per heavy atom. The van der Waals surface area contributed by atoms with Crippen molar-refractivity contribution in [2.45, 2.75) is 89.5 Å². The molecule has 108 valence electrons. The lowest BCUT2D eigenvalue weighted by molar-refractivity contribution is 0.0331. The van der Waals surface area contributed by atoms with Gasteiger partial charge in [-0.1, -0.05) is 26.7 Å². The van der Waals surface area contributed by atoms with Crippen LogP contribution in [0.2, 0.25) is 0 Å². The van der Waals surface area contributed by atoms with Crippen LogP contribution in [0.5, 0.6) is 0 Å². The molecule has 0 aliphatic carbocycles. The third-order valence-corrected chi connectivity index (χ3v) is 4.41. The quantitative estimate of drug-likeness (QED) is 0.736. The van der Waals surface area contributed by atoms with Crippen molar-refractivity contribution in [3.63, 3.8) is 0 Å². The van der Waals surface area contributed by atoms with Crippen molar-refractivity contribution in [1.82, 2.24) is 4.90 Å². The van der Waals surface area contributed by atoms with Crippen molar-refractivity contribution in [3.8, 4) is 0 Å². The zero-order chi connectivity index (χ0) is 13.5. The Morgan fingerprint density at radius 1 is 1.06 bits per heavy atom. The molecule has 1 rings (SSSR count). The summed E-state index contributed by atoms with van der Waals surface area (Å²) in [5.41, 5.74) is 0. The summed E-state index contributed by atoms with van der Waals surface area (Å²) in [4.78, 5) is 2.40. The molecule has 0 saturated carbocycles. The number of piperidine rings is 1. The molecule has 4 atom stereocenters. The van der Waals surface area contributed by atoms with Gasteiger partial charge in [-0.3, -0.25) is 0 Å². The van der Waals surface area contributed by atoms with E-state index in [2.05, 4.69) is 18.9 Å². The SMILES string of the molecule is CCCC(O)CC1CCCC(CC(O)CC)N1C. The lowest BCUT2D eigenvalue weighted by atomic mass is 9.89. The van der Waals surface area contributed by atoms with Crippen LogP contribution in [0.4, 0.5) is 0 Å². The Balaban J connectivity index is 2.44. The van der Waals surface area contributed by atoms with Crippen molar-refractivity contribution in [2.24, 2.45) is 0 Å². The van der Waals surface area contributed by atoms with Crippen molar-refractivity contribution < 1.29 is 10.2 Å². The van der Waals surface area contributed by atoms with Gasteiger partial charge in [0.05, 0.1) is 12.2 Å². The van der Waals surface area contributed by atoms with Gasteiger partial charge in [-0.2, -0.15) is 0 Å². The second-order valence-electron chi connectivity index (χ2n) is 5.88. The van der Waals surface area contributed by atoms with Crippen LogP contribution < -0.4 is 0 Å². The van der Waals surface area contributed by atoms with Crippen LogP contribution in [0, 0.1) is 0 Å². The first-order valence-corrected chi connectivity index (χ1v) is 7.66. The Hall–Kier alpha value is -0.120. The first-order valence-electron chi connectivity index (χ1n) is 7.66. The topological polar surface area (TPSA) is 43.7 Å². The lowest BCUT2D eigenvalue weighted by Crippen LogP contribution is -2.46. The van der Waals surface area contributed by atoms with Crippen molar-refractivity contribution >= 4 is 0 Å². The van der Waals surface area contributed by atoms with E-state index in [0.717, 1.165) is 32.1 Å². The van der Waals surface area contributed by atoms with Crippen LogP contribution in [0.15, 0.2) is 0 Å². The van der Waals surface area contributed by atoms with E-state index in [4.69, 9.17) is 0 Å². The Bertz CT molecular complexity index is 223. The van der Waals surface area contributed by atoms with E-state index in [1.54, 1.807) is 0 Å². The zero-order valence-electron chi connectivity index (χ0n) is 12.3. The normalized spacial score (nSPS) is 29.2. The Kier molecular flexibility index (Phi) is 7.20. The van der Waals surface area contributed by atoms with Gasteiger partial charge in [0.1, 0.15) is 0 Å². The maximum Gasteiger partial charge on any atom is 0.0555 e. The number of aliphatic hydroxyl groups excluding tert-OH is 2. The average molecular weight is 257 g/mol. The molecular formula is C15H31NO2. The highest BCUT2D eigenvalue weighted by molar-refractivity contribution is 4.85. The minimum absolute atomic E-state index is 0.155. The fourth-order valence-corrected chi connectivity index (χ4v) is 3.11. The summed E-state index contributed by atoms with van der Waals surface area (Å²) in [7, 11) is 2.16. The minimum atomic E-state index is -0.170. The van der Waals surface area contributed by atoms with Gasteiger partial charge in [0.25, 0.3) is 0 Å². The fourth-order valence-electron chi connectivity index (χ4n) is 3.11. The summed E-state index contributed by atoms with van der Waals surface area (Å²) in [6.07, 6.45) is 7.86. The molecule has 2 N–H and O–H groups in total. The number of likely N-dealkylation sites (tertiary alicyclic amines) is 1. The second kappa shape index (κ2) is 8.13. The van der Waals surface area contributed by atoms with E-state index in [9.17, 15) is 10.2 Å². The maximum atomic E-state index is 9.96. The van der Waals surface area contributed by atoms with Gasteiger partial charge in [0.15, 0.2) is 0 Å². The van der Waals surface area contributed by atoms with Crippen LogP contribution in [0.25, 0.3) is 0 Å². The summed E-state index contributed by atoms with van der Waals surface area (Å²) in [6, 6.07) is 0.988. The maximum absolute atomic E-state index is 9.96. The Labute approximate surface area is 112 Å². The highest BCUT2D eigenvalue weighted by Gasteiger charge is 2.29. The smallest absolute Gasteiger partial charge is 0.0555 e. The summed E-state index contributed by atoms with van der Waals surface area (Å²) in [6.45, 7) is 4.16. The van der Waals surface area contributed by atoms with Crippen LogP contribution in [-0.4, -0.2) is 46.5 Å². The molecule has 1 saturated heterocycles. The highest BCUT2D eigenvalue weighted by Crippen LogP contribution is 2.27. The molecule has 18 heavy (non-hydrogen) atoms. The number of nitrogens with zero attached hydrogens (tertiary/aromatic N) is 1. The van der Waals surface area contributed by atoms with Gasteiger partial charge < -0.3 is 15.1 Å². The van der Waals surface area contributed by atoms with Gasteiger partial charge >= 0.3 is 0 Å². The highest BCUT2D eigenvalue weighted by atomic mass is 16.3. The predicted octanol–water partition coefficient (Wildman–Crippen LogP) is 2.55. The minimum Gasteiger partial charge on any atom is -0.393 e. The monoisotopic (exact) mass is 257 g/mol. The number of rotatable bonds is 7. The van der Waals surface area contributed by atoms with Gasteiger partial charge in [0.2, 0.25) is 0 Å². The number of hydrogen-bond donors (Lipinski definition) is 2. The summed E-state index contributed by atoms with van der Waals surface area (Å²) < 4.78 is 0. The van der Waals surface area contributed by atoms with Crippen LogP contribution >= 0.6 is 0 Å². The van der Waals surface area contributed by atoms with Crippen molar-refractivity contribution in [1.29, 1.82) is 0 Å². The molecule has 1 heterocycles. The van der Waals surface area contributed by atoms with E-state index in [1.807, 2.05) is 6.92 Å². The molecule has 0 amide bonds. The first kappa shape index (κ1) is 15.9. The Morgan fingerprint density at radius 2 is 1.61 bits per heavy atom. The predicted molar refractivity (Wildman–Crippen MR) is 75.6 cm³/mol. The summed E-state index contributed by atoms with van der Waals surface area (Å²) in [5.74, 6) is 0. The average Bonchev–Trinajstić information content (AvgIpc) is 2.34. The van der Waals surface area contributed by atoms with Gasteiger partial charge in [0, 0.05) is 12.1 Å². The van der Waals surface area contributed by atoms with Crippen LogP contribution in [0.3, 0.4) is 0 Å². The molecule has 1 aliphatic rings. The summed E-state index contributed by atoms with van der Waals surface area (Å²) >= 11 is 0. The van der Waals surface area contributed by atoms with Gasteiger partial charge in [-0.15, -0.1) is 0 Å². The molecule has 4 unspecified atom stereocenters. The molecule has 1 fully saturated rings. The molecule has 3 heteroatoms. The van der Waals surface area contributed by atoms with Gasteiger partial charge in [-0.05, 0) is 45.6 Å². The molecule has 0 spiro atoms. The lowest BCUT2D eigenvalue weighted by Gasteiger charge is -2.41. The molecular weight excluding hydrogens is 226 g/mol. The standard InChI is InChI=1S/C15H31NO2/c1-4-7-15(18)11-13-9-6-8-12(16(13)3)10-14(17)5-2/h12-15,17-18H,4-11H2,1-3H3. The van der Waals surface area contributed by atoms with Gasteiger partial charge in [-0.25, -0.2) is 0 Å². The van der Waals surface area contributed by atoms with E-state index >= 15 is 0 Å². The van der Waals surface area contributed by atoms with Crippen molar-refractivity contribution in [3.05, 3.63) is 0 Å².